The fourth-order valence-corrected chi connectivity index (χ4v) is 5.34. The molecule has 3 aromatic carbocycles. The first kappa shape index (κ1) is 22.6. The van der Waals surface area contributed by atoms with Crippen LogP contribution in [0.1, 0.15) is 67.2 Å². The number of phenolic OH excluding ortho intramolecular Hbond substituents is 2. The van der Waals surface area contributed by atoms with Crippen LogP contribution in [0, 0.1) is 0 Å². The van der Waals surface area contributed by atoms with Crippen molar-refractivity contribution in [3.8, 4) is 23.0 Å². The summed E-state index contributed by atoms with van der Waals surface area (Å²) in [7, 11) is 0. The van der Waals surface area contributed by atoms with E-state index in [2.05, 4.69) is 24.4 Å². The van der Waals surface area contributed by atoms with E-state index in [1.54, 1.807) is 24.3 Å². The van der Waals surface area contributed by atoms with Crippen molar-refractivity contribution in [2.24, 2.45) is 0 Å². The van der Waals surface area contributed by atoms with Gasteiger partial charge in [-0.1, -0.05) is 37.6 Å². The van der Waals surface area contributed by atoms with Crippen LogP contribution in [0.2, 0.25) is 0 Å². The van der Waals surface area contributed by atoms with E-state index >= 15 is 0 Å². The Hall–Kier alpha value is -3.18. The highest BCUT2D eigenvalue weighted by atomic mass is 16.5. The third-order valence-electron chi connectivity index (χ3n) is 7.24. The number of nitrogens with one attached hydrogen (secondary N) is 1. The zero-order chi connectivity index (χ0) is 23.5. The molecular formula is C29H33NO4. The minimum atomic E-state index is -0.197. The smallest absolute Gasteiger partial charge is 0.131 e. The molecule has 1 saturated heterocycles. The lowest BCUT2D eigenvalue weighted by Gasteiger charge is -2.39. The van der Waals surface area contributed by atoms with Gasteiger partial charge in [-0.15, -0.1) is 0 Å². The number of phenols is 2. The predicted octanol–water partition coefficient (Wildman–Crippen LogP) is 6.03. The van der Waals surface area contributed by atoms with Crippen molar-refractivity contribution in [1.82, 2.24) is 5.32 Å². The molecule has 5 heteroatoms. The first-order valence-corrected chi connectivity index (χ1v) is 12.3. The molecule has 3 aromatic rings. The predicted molar refractivity (Wildman–Crippen MR) is 133 cm³/mol. The number of fused-ring (bicyclic) bond motifs is 1. The molecule has 4 atom stereocenters. The van der Waals surface area contributed by atoms with E-state index in [4.69, 9.17) is 9.47 Å². The van der Waals surface area contributed by atoms with Gasteiger partial charge in [0, 0.05) is 17.5 Å². The van der Waals surface area contributed by atoms with Gasteiger partial charge in [0.25, 0.3) is 0 Å². The Morgan fingerprint density at radius 2 is 1.65 bits per heavy atom. The molecule has 0 saturated carbocycles. The monoisotopic (exact) mass is 459 g/mol. The summed E-state index contributed by atoms with van der Waals surface area (Å²) >= 11 is 0. The molecule has 2 heterocycles. The van der Waals surface area contributed by atoms with Crippen LogP contribution in [0.4, 0.5) is 0 Å². The number of hydrogen-bond donors (Lipinski definition) is 3. The Balaban J connectivity index is 1.36. The van der Waals surface area contributed by atoms with Crippen LogP contribution >= 0.6 is 0 Å². The number of benzene rings is 3. The third-order valence-corrected chi connectivity index (χ3v) is 7.24. The van der Waals surface area contributed by atoms with Crippen molar-refractivity contribution in [1.29, 1.82) is 0 Å². The van der Waals surface area contributed by atoms with E-state index in [0.29, 0.717) is 12.6 Å². The molecule has 5 rings (SSSR count). The van der Waals surface area contributed by atoms with E-state index in [1.165, 1.54) is 19.3 Å². The fourth-order valence-electron chi connectivity index (χ4n) is 5.34. The van der Waals surface area contributed by atoms with Gasteiger partial charge in [0.1, 0.15) is 29.1 Å². The minimum absolute atomic E-state index is 0.0269. The van der Waals surface area contributed by atoms with Gasteiger partial charge in [-0.05, 0) is 85.3 Å². The lowest BCUT2D eigenvalue weighted by Crippen LogP contribution is -2.35. The van der Waals surface area contributed by atoms with E-state index in [0.717, 1.165) is 41.2 Å². The zero-order valence-corrected chi connectivity index (χ0v) is 19.6. The van der Waals surface area contributed by atoms with Crippen LogP contribution in [-0.2, 0) is 0 Å². The van der Waals surface area contributed by atoms with Crippen molar-refractivity contribution in [3.63, 3.8) is 0 Å². The van der Waals surface area contributed by atoms with Crippen molar-refractivity contribution in [2.45, 2.75) is 56.6 Å². The number of ether oxygens (including phenoxy) is 2. The number of hydrogen-bond acceptors (Lipinski definition) is 5. The molecule has 1 fully saturated rings. The van der Waals surface area contributed by atoms with Crippen LogP contribution < -0.4 is 14.8 Å². The maximum Gasteiger partial charge on any atom is 0.131 e. The summed E-state index contributed by atoms with van der Waals surface area (Å²) in [5.41, 5.74) is 3.15. The third kappa shape index (κ3) is 4.85. The number of piperidine rings is 1. The molecule has 0 amide bonds. The summed E-state index contributed by atoms with van der Waals surface area (Å²) in [4.78, 5) is 0. The van der Waals surface area contributed by atoms with Gasteiger partial charge in [-0.2, -0.15) is 0 Å². The summed E-state index contributed by atoms with van der Waals surface area (Å²) in [5.74, 6) is 2.29. The quantitative estimate of drug-likeness (QED) is 0.420. The largest absolute Gasteiger partial charge is 0.508 e. The van der Waals surface area contributed by atoms with Gasteiger partial charge < -0.3 is 25.0 Å². The van der Waals surface area contributed by atoms with Gasteiger partial charge in [0.15, 0.2) is 0 Å². The number of rotatable bonds is 6. The molecule has 0 aliphatic carbocycles. The summed E-state index contributed by atoms with van der Waals surface area (Å²) in [5, 5.41) is 23.4. The average molecular weight is 460 g/mol. The first-order valence-electron chi connectivity index (χ1n) is 12.3. The van der Waals surface area contributed by atoms with E-state index in [-0.39, 0.29) is 29.4 Å². The Labute approximate surface area is 201 Å². The molecule has 0 radical (unpaired) electrons. The fraction of sp³-hybridized carbons (Fsp3) is 0.379. The molecule has 0 aromatic heterocycles. The Morgan fingerprint density at radius 1 is 0.912 bits per heavy atom. The van der Waals surface area contributed by atoms with Crippen molar-refractivity contribution in [2.75, 3.05) is 13.2 Å². The zero-order valence-electron chi connectivity index (χ0n) is 19.6. The highest BCUT2D eigenvalue weighted by molar-refractivity contribution is 5.48. The average Bonchev–Trinajstić information content (AvgIpc) is 2.86. The molecule has 0 spiro atoms. The van der Waals surface area contributed by atoms with Crippen LogP contribution in [0.5, 0.6) is 23.0 Å². The topological polar surface area (TPSA) is 71.0 Å². The van der Waals surface area contributed by atoms with Gasteiger partial charge in [0.05, 0.1) is 6.61 Å². The summed E-state index contributed by atoms with van der Waals surface area (Å²) in [6.07, 6.45) is 4.64. The van der Waals surface area contributed by atoms with Crippen LogP contribution in [0.3, 0.4) is 0 Å². The maximum absolute atomic E-state index is 10.1. The molecule has 2 aliphatic rings. The van der Waals surface area contributed by atoms with Crippen LogP contribution in [0.25, 0.3) is 0 Å². The number of aromatic hydroxyl groups is 2. The van der Waals surface area contributed by atoms with Gasteiger partial charge >= 0.3 is 0 Å². The highest BCUT2D eigenvalue weighted by Gasteiger charge is 2.38. The molecule has 3 N–H and O–H groups in total. The maximum atomic E-state index is 10.1. The molecule has 0 bridgehead atoms. The van der Waals surface area contributed by atoms with E-state index in [1.807, 2.05) is 30.3 Å². The van der Waals surface area contributed by atoms with Gasteiger partial charge in [0.2, 0.25) is 0 Å². The minimum Gasteiger partial charge on any atom is -0.508 e. The second kappa shape index (κ2) is 9.98. The molecule has 34 heavy (non-hydrogen) atoms. The summed E-state index contributed by atoms with van der Waals surface area (Å²) < 4.78 is 12.5. The lowest BCUT2D eigenvalue weighted by atomic mass is 9.75. The van der Waals surface area contributed by atoms with Crippen molar-refractivity contribution in [3.05, 3.63) is 83.4 Å². The summed E-state index contributed by atoms with van der Waals surface area (Å²) in [6, 6.07) is 21.4. The Bertz CT molecular complexity index is 1090. The van der Waals surface area contributed by atoms with E-state index < -0.39 is 0 Å². The Kier molecular flexibility index (Phi) is 6.63. The first-order chi connectivity index (χ1) is 16.6. The molecule has 178 valence electrons. The van der Waals surface area contributed by atoms with Crippen molar-refractivity contribution >= 4 is 0 Å². The van der Waals surface area contributed by atoms with Crippen molar-refractivity contribution < 1.29 is 19.7 Å². The molecule has 5 nitrogen and oxygen atoms in total. The normalized spacial score (nSPS) is 24.1. The Morgan fingerprint density at radius 3 is 2.38 bits per heavy atom. The van der Waals surface area contributed by atoms with Gasteiger partial charge in [-0.25, -0.2) is 0 Å². The molecule has 1 unspecified atom stereocenters. The summed E-state index contributed by atoms with van der Waals surface area (Å²) in [6.45, 7) is 3.99. The molecular weight excluding hydrogens is 426 g/mol. The van der Waals surface area contributed by atoms with Gasteiger partial charge in [-0.3, -0.25) is 0 Å². The second-order valence-corrected chi connectivity index (χ2v) is 9.52. The second-order valence-electron chi connectivity index (χ2n) is 9.52. The van der Waals surface area contributed by atoms with Crippen LogP contribution in [0.15, 0.2) is 66.7 Å². The van der Waals surface area contributed by atoms with E-state index in [9.17, 15) is 10.2 Å². The molecule has 2 aliphatic heterocycles. The highest BCUT2D eigenvalue weighted by Crippen LogP contribution is 2.51. The standard InChI is InChI=1S/C29H33NO4/c1-19-26-18-24(32)11-14-27(26)34-29(28(19)20-5-9-23(31)10-6-20)21-7-12-25(13-8-21)33-17-15-22-4-2-3-16-30-22/h5-14,18-19,22,28-32H,2-4,15-17H2,1H3/t19-,22?,28-,29+/m1/s1. The lowest BCUT2D eigenvalue weighted by molar-refractivity contribution is 0.136. The van der Waals surface area contributed by atoms with Crippen LogP contribution in [-0.4, -0.2) is 29.4 Å². The SMILES string of the molecule is C[C@@H]1c2cc(O)ccc2O[C@@H](c2ccc(OCCC3CCCCN3)cc2)[C@H]1c1ccc(O)cc1.